The molecule has 5 nitrogen and oxygen atoms in total. The maximum atomic E-state index is 13.6. The number of piperidine rings is 1. The maximum absolute atomic E-state index is 13.6. The Balaban J connectivity index is 1.32. The van der Waals surface area contributed by atoms with Gasteiger partial charge in [0.1, 0.15) is 11.6 Å². The Labute approximate surface area is 175 Å². The van der Waals surface area contributed by atoms with E-state index in [0.29, 0.717) is 37.2 Å². The van der Waals surface area contributed by atoms with E-state index in [4.69, 9.17) is 0 Å². The Bertz CT molecular complexity index is 850. The second-order valence-electron chi connectivity index (χ2n) is 7.55. The van der Waals surface area contributed by atoms with Crippen molar-refractivity contribution in [3.63, 3.8) is 0 Å². The van der Waals surface area contributed by atoms with E-state index in [1.165, 1.54) is 30.3 Å². The van der Waals surface area contributed by atoms with E-state index in [1.54, 1.807) is 18.2 Å². The molecule has 0 atom stereocenters. The molecule has 1 aliphatic heterocycles. The van der Waals surface area contributed by atoms with Crippen LogP contribution in [-0.2, 0) is 16.0 Å². The third kappa shape index (κ3) is 6.62. The highest BCUT2D eigenvalue weighted by Gasteiger charge is 2.24. The number of carbonyl (C=O) groups is 2. The predicted octanol–water partition coefficient (Wildman–Crippen LogP) is 3.36. The Morgan fingerprint density at radius 1 is 1.00 bits per heavy atom. The van der Waals surface area contributed by atoms with Crippen LogP contribution in [0.3, 0.4) is 0 Å². The van der Waals surface area contributed by atoms with Crippen LogP contribution < -0.4 is 10.6 Å². The molecule has 2 aromatic rings. The number of likely N-dealkylation sites (tertiary alicyclic amines) is 1. The van der Waals surface area contributed by atoms with Crippen LogP contribution in [0, 0.1) is 17.6 Å². The van der Waals surface area contributed by atoms with Gasteiger partial charge in [0.25, 0.3) is 0 Å². The molecule has 2 amide bonds. The number of anilines is 1. The molecule has 30 heavy (non-hydrogen) atoms. The minimum Gasteiger partial charge on any atom is -0.356 e. The SMILES string of the molecule is O=C(CCN1CCC(C(=O)NCCc2ccccc2F)CC1)Nc1ccc(F)cc1. The average Bonchev–Trinajstić information content (AvgIpc) is 2.75. The zero-order valence-electron chi connectivity index (χ0n) is 16.9. The number of carbonyl (C=O) groups excluding carboxylic acids is 2. The highest BCUT2D eigenvalue weighted by Crippen LogP contribution is 2.18. The molecular weight excluding hydrogens is 388 g/mol. The van der Waals surface area contributed by atoms with Gasteiger partial charge in [-0.05, 0) is 68.2 Å². The Kier molecular flexibility index (Phi) is 7.90. The summed E-state index contributed by atoms with van der Waals surface area (Å²) < 4.78 is 26.5. The van der Waals surface area contributed by atoms with Gasteiger partial charge < -0.3 is 15.5 Å². The molecule has 0 saturated carbocycles. The van der Waals surface area contributed by atoms with Gasteiger partial charge in [0, 0.05) is 31.1 Å². The quantitative estimate of drug-likeness (QED) is 0.695. The lowest BCUT2D eigenvalue weighted by Gasteiger charge is -2.31. The summed E-state index contributed by atoms with van der Waals surface area (Å²) in [7, 11) is 0. The van der Waals surface area contributed by atoms with Crippen molar-refractivity contribution in [2.45, 2.75) is 25.7 Å². The first kappa shape index (κ1) is 21.9. The van der Waals surface area contributed by atoms with E-state index < -0.39 is 0 Å². The third-order valence-electron chi connectivity index (χ3n) is 5.39. The molecule has 0 unspecified atom stereocenters. The van der Waals surface area contributed by atoms with Crippen LogP contribution in [-0.4, -0.2) is 42.9 Å². The molecule has 2 N–H and O–H groups in total. The Hall–Kier alpha value is -2.80. The number of hydrogen-bond donors (Lipinski definition) is 2. The van der Waals surface area contributed by atoms with Gasteiger partial charge in [-0.1, -0.05) is 18.2 Å². The molecule has 0 aliphatic carbocycles. The molecule has 0 spiro atoms. The lowest BCUT2D eigenvalue weighted by atomic mass is 9.95. The van der Waals surface area contributed by atoms with Gasteiger partial charge in [-0.2, -0.15) is 0 Å². The van der Waals surface area contributed by atoms with Gasteiger partial charge >= 0.3 is 0 Å². The summed E-state index contributed by atoms with van der Waals surface area (Å²) in [5.41, 5.74) is 1.18. The van der Waals surface area contributed by atoms with Crippen molar-refractivity contribution in [1.82, 2.24) is 10.2 Å². The second-order valence-corrected chi connectivity index (χ2v) is 7.55. The largest absolute Gasteiger partial charge is 0.356 e. The van der Waals surface area contributed by atoms with Crippen molar-refractivity contribution in [2.75, 3.05) is 31.5 Å². The molecule has 0 radical (unpaired) electrons. The molecule has 160 valence electrons. The first-order valence-corrected chi connectivity index (χ1v) is 10.3. The zero-order valence-corrected chi connectivity index (χ0v) is 16.9. The fraction of sp³-hybridized carbons (Fsp3) is 0.391. The summed E-state index contributed by atoms with van der Waals surface area (Å²) in [6.45, 7) is 2.56. The molecule has 1 heterocycles. The smallest absolute Gasteiger partial charge is 0.225 e. The number of benzene rings is 2. The topological polar surface area (TPSA) is 61.4 Å². The third-order valence-corrected chi connectivity index (χ3v) is 5.39. The van der Waals surface area contributed by atoms with Crippen LogP contribution in [0.2, 0.25) is 0 Å². The van der Waals surface area contributed by atoms with Gasteiger partial charge in [0.2, 0.25) is 11.8 Å². The van der Waals surface area contributed by atoms with Crippen molar-refractivity contribution in [3.05, 3.63) is 65.7 Å². The van der Waals surface area contributed by atoms with Gasteiger partial charge in [0.15, 0.2) is 0 Å². The van der Waals surface area contributed by atoms with Gasteiger partial charge in [-0.15, -0.1) is 0 Å². The highest BCUT2D eigenvalue weighted by atomic mass is 19.1. The van der Waals surface area contributed by atoms with Crippen LogP contribution in [0.1, 0.15) is 24.8 Å². The second kappa shape index (κ2) is 10.8. The number of hydrogen-bond acceptors (Lipinski definition) is 3. The molecule has 1 aliphatic rings. The van der Waals surface area contributed by atoms with Gasteiger partial charge in [0.05, 0.1) is 0 Å². The van der Waals surface area contributed by atoms with Crippen molar-refractivity contribution in [3.8, 4) is 0 Å². The minimum atomic E-state index is -0.341. The lowest BCUT2D eigenvalue weighted by molar-refractivity contribution is -0.126. The van der Waals surface area contributed by atoms with Gasteiger partial charge in [-0.25, -0.2) is 8.78 Å². The lowest BCUT2D eigenvalue weighted by Crippen LogP contribution is -2.41. The number of amides is 2. The predicted molar refractivity (Wildman–Crippen MR) is 112 cm³/mol. The molecule has 2 aromatic carbocycles. The van der Waals surface area contributed by atoms with E-state index in [9.17, 15) is 18.4 Å². The molecule has 0 bridgehead atoms. The number of nitrogens with zero attached hydrogens (tertiary/aromatic N) is 1. The molecule has 3 rings (SSSR count). The van der Waals surface area contributed by atoms with E-state index >= 15 is 0 Å². The van der Waals surface area contributed by atoms with Crippen molar-refractivity contribution < 1.29 is 18.4 Å². The van der Waals surface area contributed by atoms with E-state index in [-0.39, 0.29) is 29.4 Å². The van der Waals surface area contributed by atoms with E-state index in [1.807, 2.05) is 0 Å². The minimum absolute atomic E-state index is 0.0139. The summed E-state index contributed by atoms with van der Waals surface area (Å²) in [4.78, 5) is 26.6. The molecule has 1 saturated heterocycles. The standard InChI is InChI=1S/C23H27F2N3O2/c24-19-5-7-20(8-6-19)27-22(29)12-16-28-14-10-18(11-15-28)23(30)26-13-9-17-3-1-2-4-21(17)25/h1-8,18H,9-16H2,(H,26,30)(H,27,29). The fourth-order valence-corrected chi connectivity index (χ4v) is 3.60. The number of nitrogens with one attached hydrogen (secondary N) is 2. The maximum Gasteiger partial charge on any atom is 0.225 e. The van der Waals surface area contributed by atoms with E-state index in [0.717, 1.165) is 25.9 Å². The summed E-state index contributed by atoms with van der Waals surface area (Å²) in [5, 5.41) is 5.66. The zero-order chi connectivity index (χ0) is 21.3. The van der Waals surface area contributed by atoms with Crippen molar-refractivity contribution in [2.24, 2.45) is 5.92 Å². The van der Waals surface area contributed by atoms with Crippen LogP contribution >= 0.6 is 0 Å². The normalized spacial score (nSPS) is 15.0. The molecule has 1 fully saturated rings. The number of rotatable bonds is 8. The van der Waals surface area contributed by atoms with Gasteiger partial charge in [-0.3, -0.25) is 9.59 Å². The number of halogens is 2. The Morgan fingerprint density at radius 2 is 1.70 bits per heavy atom. The van der Waals surface area contributed by atoms with Crippen LogP contribution in [0.4, 0.5) is 14.5 Å². The average molecular weight is 415 g/mol. The molecule has 7 heteroatoms. The first-order chi connectivity index (χ1) is 14.5. The highest BCUT2D eigenvalue weighted by molar-refractivity contribution is 5.90. The monoisotopic (exact) mass is 415 g/mol. The van der Waals surface area contributed by atoms with Crippen LogP contribution in [0.25, 0.3) is 0 Å². The van der Waals surface area contributed by atoms with E-state index in [2.05, 4.69) is 15.5 Å². The van der Waals surface area contributed by atoms with Crippen LogP contribution in [0.15, 0.2) is 48.5 Å². The molecule has 0 aromatic heterocycles. The van der Waals surface area contributed by atoms with Crippen molar-refractivity contribution in [1.29, 1.82) is 0 Å². The molecular formula is C23H27F2N3O2. The Morgan fingerprint density at radius 3 is 2.40 bits per heavy atom. The summed E-state index contributed by atoms with van der Waals surface area (Å²) >= 11 is 0. The summed E-state index contributed by atoms with van der Waals surface area (Å²) in [6.07, 6.45) is 2.30. The fourth-order valence-electron chi connectivity index (χ4n) is 3.60. The summed E-state index contributed by atoms with van der Waals surface area (Å²) in [5.74, 6) is -0.736. The summed E-state index contributed by atoms with van der Waals surface area (Å²) in [6, 6.07) is 12.3. The van der Waals surface area contributed by atoms with Crippen LogP contribution in [0.5, 0.6) is 0 Å². The first-order valence-electron chi connectivity index (χ1n) is 10.3. The van der Waals surface area contributed by atoms with Crippen molar-refractivity contribution >= 4 is 17.5 Å².